The maximum atomic E-state index is 11.9. The van der Waals surface area contributed by atoms with Crippen molar-refractivity contribution in [3.63, 3.8) is 0 Å². The van der Waals surface area contributed by atoms with Crippen molar-refractivity contribution in [2.45, 2.75) is 26.8 Å². The number of anilines is 2. The molecule has 1 amide bonds. The molecule has 0 radical (unpaired) electrons. The van der Waals surface area contributed by atoms with Crippen LogP contribution in [-0.2, 0) is 11.3 Å². The van der Waals surface area contributed by atoms with Gasteiger partial charge < -0.3 is 10.2 Å². The molecule has 1 aliphatic heterocycles. The highest BCUT2D eigenvalue weighted by Crippen LogP contribution is 2.21. The molecule has 29 heavy (non-hydrogen) atoms. The molecule has 0 bridgehead atoms. The van der Waals surface area contributed by atoms with Crippen molar-refractivity contribution in [3.8, 4) is 0 Å². The number of rotatable bonds is 7. The van der Waals surface area contributed by atoms with Crippen LogP contribution in [0.4, 0.5) is 17.2 Å². The fourth-order valence-corrected chi connectivity index (χ4v) is 3.43. The largest absolute Gasteiger partial charge is 0.354 e. The zero-order chi connectivity index (χ0) is 20.8. The molecule has 3 rings (SSSR count). The number of carbonyl (C=O) groups is 1. The Hall–Kier alpha value is -3.00. The van der Waals surface area contributed by atoms with Crippen LogP contribution in [0.2, 0.25) is 0 Å². The van der Waals surface area contributed by atoms with Crippen molar-refractivity contribution in [2.24, 2.45) is 5.92 Å². The van der Waals surface area contributed by atoms with Crippen molar-refractivity contribution in [1.29, 1.82) is 0 Å². The zero-order valence-electron chi connectivity index (χ0n) is 16.9. The average Bonchev–Trinajstić information content (AvgIpc) is 2.69. The lowest BCUT2D eigenvalue weighted by atomic mass is 10.1. The van der Waals surface area contributed by atoms with Crippen LogP contribution in [0.5, 0.6) is 0 Å². The van der Waals surface area contributed by atoms with Crippen LogP contribution < -0.4 is 10.2 Å². The number of nitrogens with one attached hydrogen (secondary N) is 1. The Morgan fingerprint density at radius 3 is 2.52 bits per heavy atom. The number of carbonyl (C=O) groups excluding carboxylic acids is 1. The molecule has 1 aromatic carbocycles. The summed E-state index contributed by atoms with van der Waals surface area (Å²) in [4.78, 5) is 31.6. The molecule has 1 fully saturated rings. The molecule has 0 spiro atoms. The number of hydrogen-bond donors (Lipinski definition) is 1. The maximum absolute atomic E-state index is 11.9. The molecular weight excluding hydrogens is 370 g/mol. The predicted octanol–water partition coefficient (Wildman–Crippen LogP) is 3.30. The van der Waals surface area contributed by atoms with Gasteiger partial charge in [0.25, 0.3) is 5.69 Å². The molecule has 1 aliphatic rings. The lowest BCUT2D eigenvalue weighted by molar-refractivity contribution is -0.385. The summed E-state index contributed by atoms with van der Waals surface area (Å²) >= 11 is 0. The molecule has 0 aliphatic carbocycles. The molecule has 8 heteroatoms. The second-order valence-corrected chi connectivity index (χ2v) is 7.70. The summed E-state index contributed by atoms with van der Waals surface area (Å²) in [5.74, 6) is 1.19. The van der Waals surface area contributed by atoms with E-state index in [0.717, 1.165) is 37.6 Å². The van der Waals surface area contributed by atoms with Crippen molar-refractivity contribution >= 4 is 23.1 Å². The molecule has 1 saturated heterocycles. The van der Waals surface area contributed by atoms with Crippen molar-refractivity contribution in [2.75, 3.05) is 36.4 Å². The van der Waals surface area contributed by atoms with Crippen LogP contribution in [0.15, 0.2) is 42.6 Å². The average molecular weight is 397 g/mol. The first kappa shape index (κ1) is 20.7. The Labute approximate surface area is 170 Å². The molecule has 2 aromatic rings. The Morgan fingerprint density at radius 1 is 1.17 bits per heavy atom. The number of nitro groups is 1. The summed E-state index contributed by atoms with van der Waals surface area (Å²) in [6.07, 6.45) is 2.18. The lowest BCUT2D eigenvalue weighted by Gasteiger charge is -2.35. The summed E-state index contributed by atoms with van der Waals surface area (Å²) in [6, 6.07) is 10.7. The summed E-state index contributed by atoms with van der Waals surface area (Å²) in [7, 11) is 0. The number of benzene rings is 1. The van der Waals surface area contributed by atoms with E-state index >= 15 is 0 Å². The smallest absolute Gasteiger partial charge is 0.273 e. The molecular formula is C21H27N5O3. The Kier molecular flexibility index (Phi) is 6.77. The number of para-hydroxylation sites is 1. The number of aromatic nitrogens is 1. The minimum atomic E-state index is -0.322. The van der Waals surface area contributed by atoms with E-state index < -0.39 is 0 Å². The molecule has 154 valence electrons. The summed E-state index contributed by atoms with van der Waals surface area (Å²) in [5, 5.41) is 14.1. The SMILES string of the molecule is CC(C)CC(=O)Nc1ccc(N2CCN(Cc3ccccc3[N+](=O)[O-])CC2)nc1. The molecule has 8 nitrogen and oxygen atoms in total. The monoisotopic (exact) mass is 397 g/mol. The number of pyridine rings is 1. The molecule has 2 heterocycles. The number of amides is 1. The van der Waals surface area contributed by atoms with Gasteiger partial charge in [0.1, 0.15) is 5.82 Å². The van der Waals surface area contributed by atoms with E-state index in [1.54, 1.807) is 18.3 Å². The highest BCUT2D eigenvalue weighted by atomic mass is 16.6. The van der Waals surface area contributed by atoms with Gasteiger partial charge in [-0.1, -0.05) is 32.0 Å². The minimum Gasteiger partial charge on any atom is -0.354 e. The second-order valence-electron chi connectivity index (χ2n) is 7.70. The van der Waals surface area contributed by atoms with Crippen LogP contribution >= 0.6 is 0 Å². The maximum Gasteiger partial charge on any atom is 0.273 e. The Balaban J connectivity index is 1.53. The zero-order valence-corrected chi connectivity index (χ0v) is 16.9. The van der Waals surface area contributed by atoms with E-state index in [9.17, 15) is 14.9 Å². The number of nitro benzene ring substituents is 1. The van der Waals surface area contributed by atoms with Crippen LogP contribution in [-0.4, -0.2) is 46.9 Å². The number of nitrogens with zero attached hydrogens (tertiary/aromatic N) is 4. The normalized spacial score (nSPS) is 14.8. The van der Waals surface area contributed by atoms with Crippen LogP contribution in [0, 0.1) is 16.0 Å². The highest BCUT2D eigenvalue weighted by molar-refractivity contribution is 5.90. The molecule has 0 saturated carbocycles. The van der Waals surface area contributed by atoms with Gasteiger partial charge in [0.2, 0.25) is 5.91 Å². The van der Waals surface area contributed by atoms with Gasteiger partial charge in [-0.15, -0.1) is 0 Å². The molecule has 1 N–H and O–H groups in total. The van der Waals surface area contributed by atoms with E-state index in [-0.39, 0.29) is 16.5 Å². The minimum absolute atomic E-state index is 0.00169. The first-order chi connectivity index (χ1) is 13.9. The van der Waals surface area contributed by atoms with E-state index in [2.05, 4.69) is 20.1 Å². The predicted molar refractivity (Wildman–Crippen MR) is 113 cm³/mol. The highest BCUT2D eigenvalue weighted by Gasteiger charge is 2.21. The molecule has 1 aromatic heterocycles. The van der Waals surface area contributed by atoms with E-state index in [1.165, 1.54) is 0 Å². The van der Waals surface area contributed by atoms with Gasteiger partial charge in [-0.2, -0.15) is 0 Å². The van der Waals surface area contributed by atoms with E-state index in [0.29, 0.717) is 24.6 Å². The third kappa shape index (κ3) is 5.74. The van der Waals surface area contributed by atoms with Crippen LogP contribution in [0.25, 0.3) is 0 Å². The Bertz CT molecular complexity index is 846. The Morgan fingerprint density at radius 2 is 1.90 bits per heavy atom. The fourth-order valence-electron chi connectivity index (χ4n) is 3.43. The van der Waals surface area contributed by atoms with Gasteiger partial charge in [0.05, 0.1) is 16.8 Å². The van der Waals surface area contributed by atoms with Crippen LogP contribution in [0.1, 0.15) is 25.8 Å². The standard InChI is InChI=1S/C21H27N5O3/c1-16(2)13-21(27)23-18-7-8-20(22-14-18)25-11-9-24(10-12-25)15-17-5-3-4-6-19(17)26(28)29/h3-8,14,16H,9-13,15H2,1-2H3,(H,23,27). The van der Waals surface area contributed by atoms with Gasteiger partial charge in [0, 0.05) is 50.8 Å². The third-order valence-corrected chi connectivity index (χ3v) is 4.90. The van der Waals surface area contributed by atoms with Crippen molar-refractivity contribution in [1.82, 2.24) is 9.88 Å². The first-order valence-corrected chi connectivity index (χ1v) is 9.88. The van der Waals surface area contributed by atoms with Gasteiger partial charge in [0.15, 0.2) is 0 Å². The topological polar surface area (TPSA) is 91.6 Å². The van der Waals surface area contributed by atoms with Gasteiger partial charge >= 0.3 is 0 Å². The van der Waals surface area contributed by atoms with Gasteiger partial charge in [-0.3, -0.25) is 19.8 Å². The van der Waals surface area contributed by atoms with E-state index in [4.69, 9.17) is 0 Å². The number of hydrogen-bond acceptors (Lipinski definition) is 6. The fraction of sp³-hybridized carbons (Fsp3) is 0.429. The van der Waals surface area contributed by atoms with Gasteiger partial charge in [-0.25, -0.2) is 4.98 Å². The molecule has 0 unspecified atom stereocenters. The summed E-state index contributed by atoms with van der Waals surface area (Å²) in [6.45, 7) is 7.80. The second kappa shape index (κ2) is 9.47. The first-order valence-electron chi connectivity index (χ1n) is 9.88. The van der Waals surface area contributed by atoms with E-state index in [1.807, 2.05) is 38.1 Å². The molecule has 0 atom stereocenters. The van der Waals surface area contributed by atoms with Crippen LogP contribution in [0.3, 0.4) is 0 Å². The lowest BCUT2D eigenvalue weighted by Crippen LogP contribution is -2.46. The van der Waals surface area contributed by atoms with Crippen molar-refractivity contribution in [3.05, 3.63) is 58.3 Å². The number of piperazine rings is 1. The third-order valence-electron chi connectivity index (χ3n) is 4.90. The van der Waals surface area contributed by atoms with Crippen molar-refractivity contribution < 1.29 is 9.72 Å². The summed E-state index contributed by atoms with van der Waals surface area (Å²) < 4.78 is 0. The summed E-state index contributed by atoms with van der Waals surface area (Å²) in [5.41, 5.74) is 1.62. The van der Waals surface area contributed by atoms with Gasteiger partial charge in [-0.05, 0) is 18.1 Å². The quantitative estimate of drug-likeness (QED) is 0.569.